The number of rotatable bonds is 2. The van der Waals surface area contributed by atoms with E-state index in [0.717, 1.165) is 11.1 Å². The second-order valence-corrected chi connectivity index (χ2v) is 6.58. The highest BCUT2D eigenvalue weighted by Crippen LogP contribution is 2.45. The van der Waals surface area contributed by atoms with Crippen LogP contribution >= 0.6 is 11.6 Å². The summed E-state index contributed by atoms with van der Waals surface area (Å²) in [6, 6.07) is 8.83. The summed E-state index contributed by atoms with van der Waals surface area (Å²) in [6.07, 6.45) is -0.488. The highest BCUT2D eigenvalue weighted by atomic mass is 35.5. The number of methoxy groups -OCH3 is 1. The van der Waals surface area contributed by atoms with E-state index >= 15 is 0 Å². The third-order valence-electron chi connectivity index (χ3n) is 4.59. The molecule has 0 N–H and O–H groups in total. The number of ether oxygens (including phenoxy) is 4. The average molecular weight is 361 g/mol. The zero-order valence-corrected chi connectivity index (χ0v) is 14.6. The lowest BCUT2D eigenvalue weighted by Gasteiger charge is -2.33. The number of Topliss-reactive ketones (excluding diaryl/α,β-unsaturated/α-hetero) is 1. The summed E-state index contributed by atoms with van der Waals surface area (Å²) in [4.78, 5) is 12.8. The molecule has 0 saturated carbocycles. The van der Waals surface area contributed by atoms with Gasteiger partial charge in [-0.1, -0.05) is 18.5 Å². The molecule has 2 aliphatic rings. The maximum absolute atomic E-state index is 12.8. The number of hydrogen-bond donors (Lipinski definition) is 0. The molecule has 2 heterocycles. The SMILES string of the molecule is COc1ccc2c(c1)OC(c1cc(Cl)cc3c1OCOC3)C(C)C2=O. The Morgan fingerprint density at radius 1 is 1.24 bits per heavy atom. The van der Waals surface area contributed by atoms with Gasteiger partial charge in [-0.2, -0.15) is 0 Å². The largest absolute Gasteiger partial charge is 0.497 e. The van der Waals surface area contributed by atoms with Crippen LogP contribution in [0.4, 0.5) is 0 Å². The Bertz CT molecular complexity index is 848. The number of carbonyl (C=O) groups is 1. The van der Waals surface area contributed by atoms with E-state index in [4.69, 9.17) is 30.5 Å². The van der Waals surface area contributed by atoms with Crippen LogP contribution in [0.25, 0.3) is 0 Å². The van der Waals surface area contributed by atoms with Crippen molar-refractivity contribution in [2.24, 2.45) is 5.92 Å². The molecular weight excluding hydrogens is 344 g/mol. The smallest absolute Gasteiger partial charge is 0.189 e. The first-order chi connectivity index (χ1) is 12.1. The van der Waals surface area contributed by atoms with Crippen molar-refractivity contribution in [1.82, 2.24) is 0 Å². The van der Waals surface area contributed by atoms with E-state index in [0.29, 0.717) is 34.4 Å². The topological polar surface area (TPSA) is 54.0 Å². The van der Waals surface area contributed by atoms with Gasteiger partial charge in [-0.15, -0.1) is 0 Å². The minimum absolute atomic E-state index is 0.0229. The van der Waals surface area contributed by atoms with Crippen LogP contribution in [0.5, 0.6) is 17.2 Å². The summed E-state index contributed by atoms with van der Waals surface area (Å²) in [7, 11) is 1.58. The van der Waals surface area contributed by atoms with Gasteiger partial charge in [0.05, 0.1) is 25.2 Å². The van der Waals surface area contributed by atoms with E-state index in [9.17, 15) is 4.79 Å². The summed E-state index contributed by atoms with van der Waals surface area (Å²) in [5, 5.41) is 0.558. The van der Waals surface area contributed by atoms with Gasteiger partial charge in [0.2, 0.25) is 0 Å². The normalized spacial score (nSPS) is 21.6. The molecule has 2 atom stereocenters. The monoisotopic (exact) mass is 360 g/mol. The molecule has 2 unspecified atom stereocenters. The number of benzene rings is 2. The lowest BCUT2D eigenvalue weighted by atomic mass is 9.86. The molecule has 25 heavy (non-hydrogen) atoms. The van der Waals surface area contributed by atoms with Crippen molar-refractivity contribution in [2.75, 3.05) is 13.9 Å². The zero-order valence-electron chi connectivity index (χ0n) is 13.9. The van der Waals surface area contributed by atoms with Crippen LogP contribution in [-0.4, -0.2) is 19.7 Å². The first kappa shape index (κ1) is 16.2. The predicted molar refractivity (Wildman–Crippen MR) is 91.6 cm³/mol. The lowest BCUT2D eigenvalue weighted by molar-refractivity contribution is -0.0189. The third kappa shape index (κ3) is 2.73. The van der Waals surface area contributed by atoms with Crippen LogP contribution in [0.2, 0.25) is 5.02 Å². The van der Waals surface area contributed by atoms with Crippen molar-refractivity contribution in [3.63, 3.8) is 0 Å². The molecule has 0 aromatic heterocycles. The van der Waals surface area contributed by atoms with Gasteiger partial charge in [0, 0.05) is 22.2 Å². The maximum atomic E-state index is 12.8. The van der Waals surface area contributed by atoms with Crippen molar-refractivity contribution in [3.8, 4) is 17.2 Å². The number of carbonyl (C=O) groups excluding carboxylic acids is 1. The Morgan fingerprint density at radius 2 is 2.08 bits per heavy atom. The minimum Gasteiger partial charge on any atom is -0.497 e. The number of ketones is 1. The fourth-order valence-electron chi connectivity index (χ4n) is 3.31. The van der Waals surface area contributed by atoms with Crippen molar-refractivity contribution in [2.45, 2.75) is 19.6 Å². The van der Waals surface area contributed by atoms with Crippen LogP contribution in [0, 0.1) is 5.92 Å². The fourth-order valence-corrected chi connectivity index (χ4v) is 3.55. The van der Waals surface area contributed by atoms with Crippen LogP contribution in [0.15, 0.2) is 30.3 Å². The van der Waals surface area contributed by atoms with Gasteiger partial charge in [0.1, 0.15) is 23.4 Å². The van der Waals surface area contributed by atoms with Crippen molar-refractivity contribution in [1.29, 1.82) is 0 Å². The molecule has 0 saturated heterocycles. The Kier molecular flexibility index (Phi) is 4.06. The van der Waals surface area contributed by atoms with E-state index in [1.165, 1.54) is 0 Å². The molecule has 6 heteroatoms. The van der Waals surface area contributed by atoms with E-state index in [1.54, 1.807) is 31.4 Å². The van der Waals surface area contributed by atoms with Crippen molar-refractivity contribution < 1.29 is 23.7 Å². The van der Waals surface area contributed by atoms with E-state index < -0.39 is 6.10 Å². The Hall–Kier alpha value is -2.24. The standard InChI is InChI=1S/C19H17ClO5/c1-10-17(21)14-4-3-13(22-2)7-16(14)25-18(10)15-6-12(20)5-11-8-23-9-24-19(11)15/h3-7,10,18H,8-9H2,1-2H3. The van der Waals surface area contributed by atoms with Gasteiger partial charge < -0.3 is 18.9 Å². The van der Waals surface area contributed by atoms with Crippen molar-refractivity contribution in [3.05, 3.63) is 52.0 Å². The van der Waals surface area contributed by atoms with Gasteiger partial charge in [-0.3, -0.25) is 4.79 Å². The average Bonchev–Trinajstić information content (AvgIpc) is 2.63. The quantitative estimate of drug-likeness (QED) is 0.804. The fraction of sp³-hybridized carbons (Fsp3) is 0.316. The predicted octanol–water partition coefficient (Wildman–Crippen LogP) is 4.17. The molecular formula is C19H17ClO5. The molecule has 5 nitrogen and oxygen atoms in total. The van der Waals surface area contributed by atoms with Crippen molar-refractivity contribution >= 4 is 17.4 Å². The van der Waals surface area contributed by atoms with E-state index in [-0.39, 0.29) is 18.5 Å². The molecule has 2 aliphatic heterocycles. The Morgan fingerprint density at radius 3 is 2.88 bits per heavy atom. The number of fused-ring (bicyclic) bond motifs is 2. The van der Waals surface area contributed by atoms with Gasteiger partial charge in [0.15, 0.2) is 12.6 Å². The second-order valence-electron chi connectivity index (χ2n) is 6.15. The lowest BCUT2D eigenvalue weighted by Crippen LogP contribution is -2.30. The molecule has 0 spiro atoms. The highest BCUT2D eigenvalue weighted by Gasteiger charge is 2.38. The summed E-state index contributed by atoms with van der Waals surface area (Å²) in [5.41, 5.74) is 2.18. The van der Waals surface area contributed by atoms with Crippen LogP contribution in [0.1, 0.15) is 34.5 Å². The summed E-state index contributed by atoms with van der Waals surface area (Å²) in [6.45, 7) is 2.44. The molecule has 0 amide bonds. The highest BCUT2D eigenvalue weighted by molar-refractivity contribution is 6.30. The van der Waals surface area contributed by atoms with E-state index in [1.807, 2.05) is 13.0 Å². The van der Waals surface area contributed by atoms with Gasteiger partial charge in [-0.05, 0) is 24.3 Å². The van der Waals surface area contributed by atoms with E-state index in [2.05, 4.69) is 0 Å². The van der Waals surface area contributed by atoms with Crippen LogP contribution in [0.3, 0.4) is 0 Å². The molecule has 4 rings (SSSR count). The summed E-state index contributed by atoms with van der Waals surface area (Å²) in [5.74, 6) is 1.49. The van der Waals surface area contributed by atoms with Gasteiger partial charge in [-0.25, -0.2) is 0 Å². The maximum Gasteiger partial charge on any atom is 0.189 e. The summed E-state index contributed by atoms with van der Waals surface area (Å²) < 4.78 is 22.4. The molecule has 0 fully saturated rings. The zero-order chi connectivity index (χ0) is 17.6. The molecule has 2 aromatic carbocycles. The van der Waals surface area contributed by atoms with Gasteiger partial charge in [0.25, 0.3) is 0 Å². The number of halogens is 1. The Balaban J connectivity index is 1.81. The first-order valence-corrected chi connectivity index (χ1v) is 8.38. The van der Waals surface area contributed by atoms with Crippen LogP contribution < -0.4 is 14.2 Å². The van der Waals surface area contributed by atoms with Crippen LogP contribution in [-0.2, 0) is 11.3 Å². The Labute approximate surface area is 150 Å². The number of hydrogen-bond acceptors (Lipinski definition) is 5. The molecule has 0 bridgehead atoms. The molecule has 0 aliphatic carbocycles. The summed E-state index contributed by atoms with van der Waals surface area (Å²) >= 11 is 6.26. The molecule has 0 radical (unpaired) electrons. The molecule has 130 valence electrons. The second kappa shape index (κ2) is 6.24. The van der Waals surface area contributed by atoms with Gasteiger partial charge >= 0.3 is 0 Å². The first-order valence-electron chi connectivity index (χ1n) is 8.00. The molecule has 2 aromatic rings. The minimum atomic E-state index is -0.488. The third-order valence-corrected chi connectivity index (χ3v) is 4.80.